The Balaban J connectivity index is 1.72. The van der Waals surface area contributed by atoms with Crippen LogP contribution in [-0.2, 0) is 9.84 Å². The minimum absolute atomic E-state index is 0.0441. The van der Waals surface area contributed by atoms with Crippen LogP contribution in [0.15, 0.2) is 17.1 Å². The number of fused-ring (bicyclic) bond motifs is 2. The van der Waals surface area contributed by atoms with E-state index >= 15 is 0 Å². The molecule has 0 radical (unpaired) electrons. The predicted molar refractivity (Wildman–Crippen MR) is 95.1 cm³/mol. The molecule has 2 aromatic heterocycles. The van der Waals surface area contributed by atoms with E-state index in [-0.39, 0.29) is 23.1 Å². The van der Waals surface area contributed by atoms with Gasteiger partial charge in [0.2, 0.25) is 0 Å². The van der Waals surface area contributed by atoms with E-state index in [1.165, 1.54) is 10.7 Å². The van der Waals surface area contributed by atoms with Crippen LogP contribution in [0.5, 0.6) is 0 Å². The highest BCUT2D eigenvalue weighted by Gasteiger charge is 2.48. The highest BCUT2D eigenvalue weighted by Crippen LogP contribution is 2.27. The minimum Gasteiger partial charge on any atom is -0.332 e. The van der Waals surface area contributed by atoms with Crippen molar-refractivity contribution in [2.24, 2.45) is 0 Å². The van der Waals surface area contributed by atoms with E-state index in [0.717, 1.165) is 12.2 Å². The highest BCUT2D eigenvalue weighted by atomic mass is 32.2. The number of carbonyl (C=O) groups excluding carboxylic acids is 1. The Morgan fingerprint density at radius 1 is 1.31 bits per heavy atom. The Morgan fingerprint density at radius 3 is 2.77 bits per heavy atom. The maximum Gasteiger partial charge on any atom is 0.285 e. The number of aromatic amines is 1. The molecule has 2 aliphatic rings. The highest BCUT2D eigenvalue weighted by molar-refractivity contribution is 7.91. The SMILES string of the molecule is CCN1CCN(C(=O)c2cnc3cc(C)[nH]n3c2=O)[C@H]2CS(=O)(=O)C[C@H]21. The summed E-state index contributed by atoms with van der Waals surface area (Å²) in [6, 6.07) is 1.08. The second-order valence-electron chi connectivity index (χ2n) is 6.95. The summed E-state index contributed by atoms with van der Waals surface area (Å²) in [6.07, 6.45) is 1.29. The van der Waals surface area contributed by atoms with Gasteiger partial charge in [-0.3, -0.25) is 19.6 Å². The molecular formula is C16H21N5O4S. The van der Waals surface area contributed by atoms with Crippen LogP contribution in [0, 0.1) is 6.92 Å². The lowest BCUT2D eigenvalue weighted by molar-refractivity contribution is 0.0347. The first-order chi connectivity index (χ1) is 12.3. The van der Waals surface area contributed by atoms with Gasteiger partial charge in [-0.2, -0.15) is 0 Å². The lowest BCUT2D eigenvalue weighted by Crippen LogP contribution is -2.60. The van der Waals surface area contributed by atoms with E-state index in [4.69, 9.17) is 0 Å². The van der Waals surface area contributed by atoms with Crippen LogP contribution < -0.4 is 5.56 Å². The Labute approximate surface area is 150 Å². The number of nitrogens with one attached hydrogen (secondary N) is 1. The normalized spacial score (nSPS) is 25.5. The number of piperazine rings is 1. The molecule has 1 N–H and O–H groups in total. The maximum absolute atomic E-state index is 13.1. The molecule has 2 aromatic rings. The van der Waals surface area contributed by atoms with Gasteiger partial charge in [0.15, 0.2) is 15.5 Å². The molecule has 2 atom stereocenters. The van der Waals surface area contributed by atoms with Crippen molar-refractivity contribution >= 4 is 21.4 Å². The van der Waals surface area contributed by atoms with Crippen LogP contribution >= 0.6 is 0 Å². The molecule has 140 valence electrons. The van der Waals surface area contributed by atoms with Crippen molar-refractivity contribution in [2.75, 3.05) is 31.1 Å². The average molecular weight is 379 g/mol. The first-order valence-corrected chi connectivity index (χ1v) is 10.5. The van der Waals surface area contributed by atoms with Crippen molar-refractivity contribution in [1.82, 2.24) is 24.4 Å². The van der Waals surface area contributed by atoms with Gasteiger partial charge in [0.1, 0.15) is 5.56 Å². The van der Waals surface area contributed by atoms with Crippen LogP contribution in [0.25, 0.3) is 5.65 Å². The topological polar surface area (TPSA) is 108 Å². The molecule has 0 saturated carbocycles. The van der Waals surface area contributed by atoms with Gasteiger partial charge < -0.3 is 4.90 Å². The molecule has 2 saturated heterocycles. The Morgan fingerprint density at radius 2 is 2.04 bits per heavy atom. The molecule has 0 spiro atoms. The molecule has 0 bridgehead atoms. The van der Waals surface area contributed by atoms with Crippen molar-refractivity contribution in [3.05, 3.63) is 33.9 Å². The third kappa shape index (κ3) is 2.64. The number of hydrogen-bond acceptors (Lipinski definition) is 6. The second-order valence-corrected chi connectivity index (χ2v) is 9.10. The number of amides is 1. The number of carbonyl (C=O) groups is 1. The summed E-state index contributed by atoms with van der Waals surface area (Å²) in [5, 5.41) is 2.87. The first kappa shape index (κ1) is 17.2. The second kappa shape index (κ2) is 5.92. The summed E-state index contributed by atoms with van der Waals surface area (Å²) < 4.78 is 25.6. The van der Waals surface area contributed by atoms with Crippen LogP contribution in [0.3, 0.4) is 0 Å². The Bertz CT molecular complexity index is 1040. The third-order valence-corrected chi connectivity index (χ3v) is 7.01. The van der Waals surface area contributed by atoms with E-state index in [0.29, 0.717) is 18.7 Å². The average Bonchev–Trinajstić information content (AvgIpc) is 3.12. The molecule has 2 aliphatic heterocycles. The molecule has 2 fully saturated rings. The van der Waals surface area contributed by atoms with Gasteiger partial charge in [0.25, 0.3) is 11.5 Å². The summed E-state index contributed by atoms with van der Waals surface area (Å²) in [4.78, 5) is 33.6. The number of rotatable bonds is 2. The molecule has 26 heavy (non-hydrogen) atoms. The fourth-order valence-electron chi connectivity index (χ4n) is 4.05. The number of hydrogen-bond donors (Lipinski definition) is 1. The van der Waals surface area contributed by atoms with Crippen molar-refractivity contribution in [3.8, 4) is 0 Å². The summed E-state index contributed by atoms with van der Waals surface area (Å²) >= 11 is 0. The van der Waals surface area contributed by atoms with Crippen LogP contribution in [0.2, 0.25) is 0 Å². The molecule has 4 heterocycles. The zero-order valence-corrected chi connectivity index (χ0v) is 15.5. The van der Waals surface area contributed by atoms with Crippen LogP contribution in [-0.4, -0.2) is 81.9 Å². The Kier molecular flexibility index (Phi) is 3.92. The van der Waals surface area contributed by atoms with Gasteiger partial charge in [-0.25, -0.2) is 17.9 Å². The number of sulfone groups is 1. The van der Waals surface area contributed by atoms with Crippen molar-refractivity contribution in [2.45, 2.75) is 25.9 Å². The van der Waals surface area contributed by atoms with Gasteiger partial charge in [0.05, 0.1) is 17.5 Å². The molecule has 10 heteroatoms. The maximum atomic E-state index is 13.1. The molecule has 1 amide bonds. The van der Waals surface area contributed by atoms with Gasteiger partial charge in [-0.1, -0.05) is 6.92 Å². The number of aromatic nitrogens is 3. The van der Waals surface area contributed by atoms with E-state index in [9.17, 15) is 18.0 Å². The smallest absolute Gasteiger partial charge is 0.285 e. The summed E-state index contributed by atoms with van der Waals surface area (Å²) in [5.41, 5.74) is 0.694. The van der Waals surface area contributed by atoms with E-state index in [1.54, 1.807) is 17.9 Å². The van der Waals surface area contributed by atoms with Gasteiger partial charge in [-0.15, -0.1) is 0 Å². The molecule has 4 rings (SSSR count). The zero-order valence-electron chi connectivity index (χ0n) is 14.7. The zero-order chi connectivity index (χ0) is 18.6. The number of likely N-dealkylation sites (N-methyl/N-ethyl adjacent to an activating group) is 1. The van der Waals surface area contributed by atoms with E-state index in [1.807, 2.05) is 6.92 Å². The lowest BCUT2D eigenvalue weighted by atomic mass is 10.0. The van der Waals surface area contributed by atoms with Gasteiger partial charge in [-0.05, 0) is 13.5 Å². The number of H-pyrrole nitrogens is 1. The quantitative estimate of drug-likeness (QED) is 0.737. The molecule has 0 unspecified atom stereocenters. The summed E-state index contributed by atoms with van der Waals surface area (Å²) in [6.45, 7) is 5.51. The fraction of sp³-hybridized carbons (Fsp3) is 0.562. The lowest BCUT2D eigenvalue weighted by Gasteiger charge is -2.43. The third-order valence-electron chi connectivity index (χ3n) is 5.31. The fourth-order valence-corrected chi connectivity index (χ4v) is 6.06. The van der Waals surface area contributed by atoms with Crippen LogP contribution in [0.4, 0.5) is 0 Å². The van der Waals surface area contributed by atoms with Gasteiger partial charge in [0, 0.05) is 37.1 Å². The largest absolute Gasteiger partial charge is 0.332 e. The van der Waals surface area contributed by atoms with E-state index in [2.05, 4.69) is 15.0 Å². The first-order valence-electron chi connectivity index (χ1n) is 8.63. The number of nitrogens with zero attached hydrogens (tertiary/aromatic N) is 4. The van der Waals surface area contributed by atoms with E-state index < -0.39 is 27.3 Å². The Hall–Kier alpha value is -2.20. The molecule has 0 aliphatic carbocycles. The minimum atomic E-state index is -3.20. The standard InChI is InChI=1S/C16H21N5O4S/c1-3-19-4-5-20(13-9-26(24,25)8-12(13)19)15(22)11-7-17-14-6-10(2)18-21(14)16(11)23/h6-7,12-13,18H,3-5,8-9H2,1-2H3/t12-,13+/m1/s1. The number of aryl methyl sites for hydroxylation is 1. The monoisotopic (exact) mass is 379 g/mol. The van der Waals surface area contributed by atoms with Crippen molar-refractivity contribution in [1.29, 1.82) is 0 Å². The van der Waals surface area contributed by atoms with Crippen molar-refractivity contribution < 1.29 is 13.2 Å². The predicted octanol–water partition coefficient (Wildman–Crippen LogP) is -0.726. The summed E-state index contributed by atoms with van der Waals surface area (Å²) in [7, 11) is -3.20. The van der Waals surface area contributed by atoms with Crippen LogP contribution in [0.1, 0.15) is 23.0 Å². The molecular weight excluding hydrogens is 358 g/mol. The molecule has 9 nitrogen and oxygen atoms in total. The van der Waals surface area contributed by atoms with Gasteiger partial charge >= 0.3 is 0 Å². The summed E-state index contributed by atoms with van der Waals surface area (Å²) in [5.74, 6) is -0.452. The van der Waals surface area contributed by atoms with Crippen molar-refractivity contribution in [3.63, 3.8) is 0 Å². The molecule has 0 aromatic carbocycles.